The van der Waals surface area contributed by atoms with Gasteiger partial charge in [-0.05, 0) is 35.9 Å². The van der Waals surface area contributed by atoms with E-state index in [-0.39, 0.29) is 5.91 Å². The number of rotatable bonds is 6. The van der Waals surface area contributed by atoms with Crippen LogP contribution in [0.3, 0.4) is 0 Å². The van der Waals surface area contributed by atoms with E-state index in [1.54, 1.807) is 12.1 Å². The Hall–Kier alpha value is -3.60. The number of fused-ring (bicyclic) bond motifs is 1. The molecule has 0 saturated heterocycles. The van der Waals surface area contributed by atoms with Crippen LogP contribution in [0.15, 0.2) is 85.2 Å². The summed E-state index contributed by atoms with van der Waals surface area (Å²) in [6.07, 6.45) is 3.88. The monoisotopic (exact) mass is 357 g/mol. The van der Waals surface area contributed by atoms with Gasteiger partial charge in [0.05, 0.1) is 5.69 Å². The third kappa shape index (κ3) is 4.15. The quantitative estimate of drug-likeness (QED) is 0.570. The van der Waals surface area contributed by atoms with Gasteiger partial charge in [0, 0.05) is 24.5 Å². The Kier molecular flexibility index (Phi) is 4.83. The number of amides is 1. The van der Waals surface area contributed by atoms with Gasteiger partial charge < -0.3 is 14.5 Å². The van der Waals surface area contributed by atoms with Crippen molar-refractivity contribution < 1.29 is 9.53 Å². The maximum absolute atomic E-state index is 12.4. The number of nitrogens with one attached hydrogen (secondary N) is 1. The molecule has 2 heterocycles. The standard InChI is InChI=1S/C22H19N3O2/c26-22(23-14-17-7-2-1-3-8-17)18-9-6-10-20(13-18)27-16-19-15-25-12-5-4-11-21(25)24-19/h1-13,15H,14,16H2,(H,23,26). The van der Waals surface area contributed by atoms with Crippen molar-refractivity contribution in [3.63, 3.8) is 0 Å². The van der Waals surface area contributed by atoms with Crippen LogP contribution in [0.2, 0.25) is 0 Å². The highest BCUT2D eigenvalue weighted by molar-refractivity contribution is 5.94. The summed E-state index contributed by atoms with van der Waals surface area (Å²) < 4.78 is 7.77. The van der Waals surface area contributed by atoms with Crippen LogP contribution in [0.1, 0.15) is 21.6 Å². The molecule has 134 valence electrons. The lowest BCUT2D eigenvalue weighted by atomic mass is 10.2. The molecule has 0 aliphatic rings. The Morgan fingerprint density at radius 3 is 2.70 bits per heavy atom. The Labute approximate surface area is 157 Å². The molecular weight excluding hydrogens is 338 g/mol. The fourth-order valence-electron chi connectivity index (χ4n) is 2.82. The van der Waals surface area contributed by atoms with Gasteiger partial charge >= 0.3 is 0 Å². The molecule has 27 heavy (non-hydrogen) atoms. The van der Waals surface area contributed by atoms with Crippen molar-refractivity contribution in [2.75, 3.05) is 0 Å². The van der Waals surface area contributed by atoms with Crippen molar-refractivity contribution in [2.24, 2.45) is 0 Å². The number of carbonyl (C=O) groups is 1. The zero-order valence-corrected chi connectivity index (χ0v) is 14.7. The molecule has 2 aromatic carbocycles. The van der Waals surface area contributed by atoms with E-state index >= 15 is 0 Å². The minimum atomic E-state index is -0.128. The maximum Gasteiger partial charge on any atom is 0.251 e. The van der Waals surface area contributed by atoms with E-state index in [1.165, 1.54) is 0 Å². The van der Waals surface area contributed by atoms with Crippen molar-refractivity contribution in [1.82, 2.24) is 14.7 Å². The average Bonchev–Trinajstić information content (AvgIpc) is 3.14. The molecule has 0 atom stereocenters. The van der Waals surface area contributed by atoms with E-state index in [2.05, 4.69) is 10.3 Å². The second kappa shape index (κ2) is 7.74. The lowest BCUT2D eigenvalue weighted by Crippen LogP contribution is -2.22. The minimum absolute atomic E-state index is 0.128. The smallest absolute Gasteiger partial charge is 0.251 e. The van der Waals surface area contributed by atoms with E-state index < -0.39 is 0 Å². The van der Waals surface area contributed by atoms with E-state index in [1.807, 2.05) is 77.5 Å². The predicted molar refractivity (Wildman–Crippen MR) is 104 cm³/mol. The second-order valence-corrected chi connectivity index (χ2v) is 6.18. The molecule has 1 amide bonds. The van der Waals surface area contributed by atoms with Gasteiger partial charge in [-0.25, -0.2) is 4.98 Å². The number of imidazole rings is 1. The van der Waals surface area contributed by atoms with Gasteiger partial charge in [0.25, 0.3) is 5.91 Å². The molecule has 0 fully saturated rings. The zero-order chi connectivity index (χ0) is 18.5. The van der Waals surface area contributed by atoms with Crippen LogP contribution < -0.4 is 10.1 Å². The number of pyridine rings is 1. The van der Waals surface area contributed by atoms with Gasteiger partial charge in [-0.1, -0.05) is 42.5 Å². The third-order valence-electron chi connectivity index (χ3n) is 4.19. The first kappa shape index (κ1) is 16.8. The van der Waals surface area contributed by atoms with Crippen LogP contribution in [-0.2, 0) is 13.2 Å². The number of nitrogens with zero attached hydrogens (tertiary/aromatic N) is 2. The first-order valence-corrected chi connectivity index (χ1v) is 8.75. The number of carbonyl (C=O) groups excluding carboxylic acids is 1. The van der Waals surface area contributed by atoms with Crippen LogP contribution in [0.5, 0.6) is 5.75 Å². The lowest BCUT2D eigenvalue weighted by Gasteiger charge is -2.08. The van der Waals surface area contributed by atoms with Crippen molar-refractivity contribution >= 4 is 11.6 Å². The van der Waals surface area contributed by atoms with Gasteiger partial charge in [0.1, 0.15) is 18.0 Å². The normalized spacial score (nSPS) is 10.7. The lowest BCUT2D eigenvalue weighted by molar-refractivity contribution is 0.0950. The van der Waals surface area contributed by atoms with E-state index in [9.17, 15) is 4.79 Å². The van der Waals surface area contributed by atoms with Crippen LogP contribution in [0, 0.1) is 0 Å². The zero-order valence-electron chi connectivity index (χ0n) is 14.7. The van der Waals surface area contributed by atoms with Crippen LogP contribution in [-0.4, -0.2) is 15.3 Å². The number of benzene rings is 2. The van der Waals surface area contributed by atoms with Crippen LogP contribution in [0.25, 0.3) is 5.65 Å². The molecule has 2 aromatic heterocycles. The van der Waals surface area contributed by atoms with Gasteiger partial charge in [0.15, 0.2) is 0 Å². The molecule has 5 nitrogen and oxygen atoms in total. The molecule has 0 spiro atoms. The van der Waals surface area contributed by atoms with Gasteiger partial charge in [-0.15, -0.1) is 0 Å². The van der Waals surface area contributed by atoms with Crippen molar-refractivity contribution in [2.45, 2.75) is 13.2 Å². The molecule has 0 unspecified atom stereocenters. The fraction of sp³-hybridized carbons (Fsp3) is 0.0909. The molecular formula is C22H19N3O2. The second-order valence-electron chi connectivity index (χ2n) is 6.18. The first-order chi connectivity index (χ1) is 13.3. The highest BCUT2D eigenvalue weighted by atomic mass is 16.5. The summed E-state index contributed by atoms with van der Waals surface area (Å²) >= 11 is 0. The molecule has 0 radical (unpaired) electrons. The predicted octanol–water partition coefficient (Wildman–Crippen LogP) is 3.84. The summed E-state index contributed by atoms with van der Waals surface area (Å²) in [5.41, 5.74) is 3.34. The number of hydrogen-bond acceptors (Lipinski definition) is 3. The third-order valence-corrected chi connectivity index (χ3v) is 4.19. The molecule has 4 rings (SSSR count). The Morgan fingerprint density at radius 2 is 1.85 bits per heavy atom. The fourth-order valence-corrected chi connectivity index (χ4v) is 2.82. The number of hydrogen-bond donors (Lipinski definition) is 1. The topological polar surface area (TPSA) is 55.6 Å². The van der Waals surface area contributed by atoms with Crippen LogP contribution >= 0.6 is 0 Å². The SMILES string of the molecule is O=C(NCc1ccccc1)c1cccc(OCc2cn3ccccc3n2)c1. The van der Waals surface area contributed by atoms with E-state index in [0.29, 0.717) is 24.5 Å². The summed E-state index contributed by atoms with van der Waals surface area (Å²) in [6, 6.07) is 22.8. The first-order valence-electron chi connectivity index (χ1n) is 8.75. The highest BCUT2D eigenvalue weighted by Crippen LogP contribution is 2.16. The number of aromatic nitrogens is 2. The number of ether oxygens (including phenoxy) is 1. The molecule has 0 aliphatic heterocycles. The molecule has 4 aromatic rings. The summed E-state index contributed by atoms with van der Waals surface area (Å²) in [7, 11) is 0. The van der Waals surface area contributed by atoms with Gasteiger partial charge in [-0.3, -0.25) is 4.79 Å². The van der Waals surface area contributed by atoms with Gasteiger partial charge in [-0.2, -0.15) is 0 Å². The summed E-state index contributed by atoms with van der Waals surface area (Å²) in [5.74, 6) is 0.511. The Bertz CT molecular complexity index is 1020. The maximum atomic E-state index is 12.4. The summed E-state index contributed by atoms with van der Waals surface area (Å²) in [4.78, 5) is 16.9. The molecule has 5 heteroatoms. The molecule has 0 aliphatic carbocycles. The van der Waals surface area contributed by atoms with E-state index in [0.717, 1.165) is 16.9 Å². The Morgan fingerprint density at radius 1 is 1.00 bits per heavy atom. The summed E-state index contributed by atoms with van der Waals surface area (Å²) in [6.45, 7) is 0.836. The van der Waals surface area contributed by atoms with Crippen molar-refractivity contribution in [3.05, 3.63) is 102 Å². The summed E-state index contributed by atoms with van der Waals surface area (Å²) in [5, 5.41) is 2.92. The van der Waals surface area contributed by atoms with Crippen LogP contribution in [0.4, 0.5) is 0 Å². The van der Waals surface area contributed by atoms with Crippen molar-refractivity contribution in [1.29, 1.82) is 0 Å². The average molecular weight is 357 g/mol. The largest absolute Gasteiger partial charge is 0.487 e. The molecule has 0 saturated carbocycles. The minimum Gasteiger partial charge on any atom is -0.487 e. The van der Waals surface area contributed by atoms with Crippen molar-refractivity contribution in [3.8, 4) is 5.75 Å². The molecule has 1 N–H and O–H groups in total. The molecule has 0 bridgehead atoms. The van der Waals surface area contributed by atoms with E-state index in [4.69, 9.17) is 4.74 Å². The Balaban J connectivity index is 1.38. The highest BCUT2D eigenvalue weighted by Gasteiger charge is 2.08. The van der Waals surface area contributed by atoms with Gasteiger partial charge in [0.2, 0.25) is 0 Å².